The van der Waals surface area contributed by atoms with E-state index in [0.29, 0.717) is 11.8 Å². The molecule has 3 N–H and O–H groups in total. The lowest BCUT2D eigenvalue weighted by Crippen LogP contribution is -2.42. The van der Waals surface area contributed by atoms with Gasteiger partial charge in [0.15, 0.2) is 0 Å². The van der Waals surface area contributed by atoms with E-state index in [4.69, 9.17) is 5.73 Å². The molecule has 0 aromatic heterocycles. The van der Waals surface area contributed by atoms with Gasteiger partial charge in [0.2, 0.25) is 10.0 Å². The van der Waals surface area contributed by atoms with Gasteiger partial charge in [-0.25, -0.2) is 17.5 Å². The van der Waals surface area contributed by atoms with Crippen molar-refractivity contribution in [1.29, 1.82) is 0 Å². The van der Waals surface area contributed by atoms with Gasteiger partial charge in [0, 0.05) is 6.04 Å². The van der Waals surface area contributed by atoms with Gasteiger partial charge >= 0.3 is 0 Å². The maximum Gasteiger partial charge on any atom is 0.240 e. The normalized spacial score (nSPS) is 27.4. The van der Waals surface area contributed by atoms with Crippen LogP contribution < -0.4 is 10.5 Å². The SMILES string of the molecule is CC1CCC(NS(=O)(=O)c2ccc(F)c(N)c2)C(C)C1. The molecule has 20 heavy (non-hydrogen) atoms. The Kier molecular flexibility index (Phi) is 4.34. The first-order valence-electron chi connectivity index (χ1n) is 6.87. The summed E-state index contributed by atoms with van der Waals surface area (Å²) in [4.78, 5) is 0.0159. The summed E-state index contributed by atoms with van der Waals surface area (Å²) in [7, 11) is -3.65. The fourth-order valence-electron chi connectivity index (χ4n) is 2.80. The van der Waals surface area contributed by atoms with Crippen LogP contribution in [0.15, 0.2) is 23.1 Å². The van der Waals surface area contributed by atoms with Crippen LogP contribution in [-0.2, 0) is 10.0 Å². The van der Waals surface area contributed by atoms with Crippen molar-refractivity contribution < 1.29 is 12.8 Å². The molecule has 3 atom stereocenters. The highest BCUT2D eigenvalue weighted by Gasteiger charge is 2.29. The van der Waals surface area contributed by atoms with Gasteiger partial charge in [-0.15, -0.1) is 0 Å². The highest BCUT2D eigenvalue weighted by molar-refractivity contribution is 7.89. The number of hydrogen-bond donors (Lipinski definition) is 2. The van der Waals surface area contributed by atoms with Gasteiger partial charge in [-0.2, -0.15) is 0 Å². The van der Waals surface area contributed by atoms with E-state index in [1.54, 1.807) is 0 Å². The number of anilines is 1. The Morgan fingerprint density at radius 1 is 1.30 bits per heavy atom. The number of sulfonamides is 1. The predicted octanol–water partition coefficient (Wildman–Crippen LogP) is 2.51. The summed E-state index contributed by atoms with van der Waals surface area (Å²) in [5.74, 6) is 0.322. The Labute approximate surface area is 119 Å². The van der Waals surface area contributed by atoms with Gasteiger partial charge in [-0.3, -0.25) is 0 Å². The first-order valence-corrected chi connectivity index (χ1v) is 8.35. The largest absolute Gasteiger partial charge is 0.396 e. The molecule has 0 heterocycles. The topological polar surface area (TPSA) is 72.2 Å². The second-order valence-electron chi connectivity index (χ2n) is 5.81. The second kappa shape index (κ2) is 5.69. The van der Waals surface area contributed by atoms with Crippen LogP contribution in [0, 0.1) is 17.7 Å². The van der Waals surface area contributed by atoms with E-state index < -0.39 is 15.8 Å². The van der Waals surface area contributed by atoms with Crippen LogP contribution in [0.5, 0.6) is 0 Å². The molecule has 1 aromatic carbocycles. The Balaban J connectivity index is 2.16. The predicted molar refractivity (Wildman–Crippen MR) is 77.1 cm³/mol. The monoisotopic (exact) mass is 300 g/mol. The molecule has 0 radical (unpaired) electrons. The van der Waals surface area contributed by atoms with Gasteiger partial charge < -0.3 is 5.73 Å². The molecule has 0 amide bonds. The Bertz CT molecular complexity index is 589. The third-order valence-electron chi connectivity index (χ3n) is 4.02. The summed E-state index contributed by atoms with van der Waals surface area (Å²) in [5.41, 5.74) is 5.27. The molecule has 4 nitrogen and oxygen atoms in total. The Morgan fingerprint density at radius 3 is 2.60 bits per heavy atom. The van der Waals surface area contributed by atoms with Crippen molar-refractivity contribution in [3.63, 3.8) is 0 Å². The molecule has 1 fully saturated rings. The zero-order chi connectivity index (χ0) is 14.9. The number of hydrogen-bond acceptors (Lipinski definition) is 3. The summed E-state index contributed by atoms with van der Waals surface area (Å²) < 4.78 is 40.4. The van der Waals surface area contributed by atoms with Crippen molar-refractivity contribution in [2.24, 2.45) is 11.8 Å². The number of nitrogens with one attached hydrogen (secondary N) is 1. The Morgan fingerprint density at radius 2 is 2.00 bits per heavy atom. The quantitative estimate of drug-likeness (QED) is 0.843. The molecule has 0 aliphatic heterocycles. The Hall–Kier alpha value is -1.14. The average Bonchev–Trinajstić information content (AvgIpc) is 2.36. The summed E-state index contributed by atoms with van der Waals surface area (Å²) in [6.45, 7) is 4.24. The lowest BCUT2D eigenvalue weighted by molar-refractivity contribution is 0.249. The smallest absolute Gasteiger partial charge is 0.240 e. The van der Waals surface area contributed by atoms with Crippen molar-refractivity contribution in [1.82, 2.24) is 4.72 Å². The minimum Gasteiger partial charge on any atom is -0.396 e. The number of nitrogens with two attached hydrogens (primary N) is 1. The molecule has 3 unspecified atom stereocenters. The van der Waals surface area contributed by atoms with E-state index in [-0.39, 0.29) is 16.6 Å². The molecule has 1 saturated carbocycles. The summed E-state index contributed by atoms with van der Waals surface area (Å²) >= 11 is 0. The first-order chi connectivity index (χ1) is 9.29. The van der Waals surface area contributed by atoms with Crippen LogP contribution in [0.2, 0.25) is 0 Å². The lowest BCUT2D eigenvalue weighted by atomic mass is 9.80. The van der Waals surface area contributed by atoms with Crippen molar-refractivity contribution in [2.45, 2.75) is 44.0 Å². The van der Waals surface area contributed by atoms with Gasteiger partial charge in [-0.1, -0.05) is 13.8 Å². The van der Waals surface area contributed by atoms with Crippen LogP contribution in [-0.4, -0.2) is 14.5 Å². The minimum atomic E-state index is -3.65. The summed E-state index contributed by atoms with van der Waals surface area (Å²) in [5, 5.41) is 0. The molecular formula is C14H21FN2O2S. The highest BCUT2D eigenvalue weighted by Crippen LogP contribution is 2.29. The van der Waals surface area contributed by atoms with E-state index >= 15 is 0 Å². The maximum atomic E-state index is 13.1. The van der Waals surface area contributed by atoms with E-state index in [1.807, 2.05) is 0 Å². The average molecular weight is 300 g/mol. The van der Waals surface area contributed by atoms with Crippen LogP contribution in [0.25, 0.3) is 0 Å². The van der Waals surface area contributed by atoms with E-state index in [1.165, 1.54) is 6.07 Å². The van der Waals surface area contributed by atoms with Crippen LogP contribution >= 0.6 is 0 Å². The van der Waals surface area contributed by atoms with Gasteiger partial charge in [0.25, 0.3) is 0 Å². The van der Waals surface area contributed by atoms with Crippen molar-refractivity contribution >= 4 is 15.7 Å². The third kappa shape index (κ3) is 3.30. The fraction of sp³-hybridized carbons (Fsp3) is 0.571. The minimum absolute atomic E-state index is 0.0159. The fourth-order valence-corrected chi connectivity index (χ4v) is 4.21. The lowest BCUT2D eigenvalue weighted by Gasteiger charge is -2.32. The van der Waals surface area contributed by atoms with E-state index in [2.05, 4.69) is 18.6 Å². The third-order valence-corrected chi connectivity index (χ3v) is 5.50. The number of halogens is 1. The number of benzene rings is 1. The van der Waals surface area contributed by atoms with Gasteiger partial charge in [-0.05, 0) is 49.3 Å². The molecule has 2 rings (SSSR count). The standard InChI is InChI=1S/C14H21FN2O2S/c1-9-3-6-14(10(2)7-9)17-20(18,19)11-4-5-12(15)13(16)8-11/h4-5,8-10,14,17H,3,6-7,16H2,1-2H3. The zero-order valence-corrected chi connectivity index (χ0v) is 12.6. The van der Waals surface area contributed by atoms with Gasteiger partial charge in [0.1, 0.15) is 5.82 Å². The number of nitrogen functional groups attached to an aromatic ring is 1. The highest BCUT2D eigenvalue weighted by atomic mass is 32.2. The van der Waals surface area contributed by atoms with Gasteiger partial charge in [0.05, 0.1) is 10.6 Å². The van der Waals surface area contributed by atoms with E-state index in [0.717, 1.165) is 31.4 Å². The maximum absolute atomic E-state index is 13.1. The molecule has 112 valence electrons. The van der Waals surface area contributed by atoms with Crippen LogP contribution in [0.3, 0.4) is 0 Å². The molecule has 0 bridgehead atoms. The summed E-state index contributed by atoms with van der Waals surface area (Å²) in [6, 6.07) is 3.41. The van der Waals surface area contributed by atoms with Crippen molar-refractivity contribution in [3.05, 3.63) is 24.0 Å². The second-order valence-corrected chi connectivity index (χ2v) is 7.52. The number of rotatable bonds is 3. The molecule has 6 heteroatoms. The molecule has 0 saturated heterocycles. The molecule has 1 aliphatic rings. The van der Waals surface area contributed by atoms with Crippen LogP contribution in [0.4, 0.5) is 10.1 Å². The summed E-state index contributed by atoms with van der Waals surface area (Å²) in [6.07, 6.45) is 2.86. The molecular weight excluding hydrogens is 279 g/mol. The molecule has 0 spiro atoms. The van der Waals surface area contributed by atoms with Crippen molar-refractivity contribution in [2.75, 3.05) is 5.73 Å². The van der Waals surface area contributed by atoms with Crippen LogP contribution in [0.1, 0.15) is 33.1 Å². The van der Waals surface area contributed by atoms with Crippen molar-refractivity contribution in [3.8, 4) is 0 Å². The molecule has 1 aliphatic carbocycles. The molecule has 1 aromatic rings. The zero-order valence-electron chi connectivity index (χ0n) is 11.8. The first kappa shape index (κ1) is 15.3. The van der Waals surface area contributed by atoms with E-state index in [9.17, 15) is 12.8 Å².